The minimum absolute atomic E-state index is 0.0985. The van der Waals surface area contributed by atoms with E-state index in [4.69, 9.17) is 4.74 Å². The lowest BCUT2D eigenvalue weighted by Gasteiger charge is -2.19. The number of alkyl carbamates (subject to hydrolysis) is 1. The Morgan fingerprint density at radius 2 is 1.80 bits per heavy atom. The van der Waals surface area contributed by atoms with E-state index in [1.807, 2.05) is 48.5 Å². The molecule has 1 aliphatic rings. The van der Waals surface area contributed by atoms with Crippen LogP contribution in [0.1, 0.15) is 28.7 Å². The second-order valence-electron chi connectivity index (χ2n) is 8.31. The van der Waals surface area contributed by atoms with Gasteiger partial charge in [-0.15, -0.1) is 0 Å². The largest absolute Gasteiger partial charge is 0.449 e. The first-order valence-electron chi connectivity index (χ1n) is 11.0. The molecule has 0 aliphatic heterocycles. The molecule has 0 saturated carbocycles. The number of amides is 1. The van der Waals surface area contributed by atoms with E-state index in [9.17, 15) is 25.1 Å². The first kappa shape index (κ1) is 22.5. The van der Waals surface area contributed by atoms with Gasteiger partial charge in [0.05, 0.1) is 16.5 Å². The number of hydrogen-bond acceptors (Lipinski definition) is 7. The van der Waals surface area contributed by atoms with E-state index >= 15 is 0 Å². The van der Waals surface area contributed by atoms with Crippen LogP contribution in [0.25, 0.3) is 22.2 Å². The van der Waals surface area contributed by atoms with Crippen LogP contribution in [0.5, 0.6) is 0 Å². The number of nitro groups is 1. The molecule has 2 aromatic heterocycles. The fourth-order valence-electron chi connectivity index (χ4n) is 4.49. The van der Waals surface area contributed by atoms with Crippen LogP contribution >= 0.6 is 0 Å². The van der Waals surface area contributed by atoms with Crippen LogP contribution in [0.15, 0.2) is 67.0 Å². The number of ether oxygens (including phenoxy) is 1. The number of hydrogen-bond donors (Lipinski definition) is 4. The predicted octanol–water partition coefficient (Wildman–Crippen LogP) is 3.40. The fraction of sp³-hybridized carbons (Fsp3) is 0.200. The summed E-state index contributed by atoms with van der Waals surface area (Å²) in [5.74, 6) is -0.0985. The summed E-state index contributed by atoms with van der Waals surface area (Å²) in [5, 5.41) is 34.7. The summed E-state index contributed by atoms with van der Waals surface area (Å²) in [6, 6.07) is 17.3. The molecule has 2 aromatic carbocycles. The number of nitrogens with zero attached hydrogens (tertiary/aromatic N) is 2. The van der Waals surface area contributed by atoms with Gasteiger partial charge >= 0.3 is 6.09 Å². The third kappa shape index (κ3) is 4.20. The fourth-order valence-corrected chi connectivity index (χ4v) is 4.49. The summed E-state index contributed by atoms with van der Waals surface area (Å²) < 4.78 is 5.43. The minimum atomic E-state index is -1.42. The molecule has 1 aliphatic carbocycles. The predicted molar refractivity (Wildman–Crippen MR) is 127 cm³/mol. The Labute approximate surface area is 199 Å². The Hall–Kier alpha value is -4.28. The van der Waals surface area contributed by atoms with E-state index in [-0.39, 0.29) is 35.7 Å². The topological polar surface area (TPSA) is 151 Å². The minimum Gasteiger partial charge on any atom is -0.449 e. The number of pyridine rings is 1. The maximum atomic E-state index is 12.3. The van der Waals surface area contributed by atoms with Gasteiger partial charge in [-0.3, -0.25) is 10.1 Å². The van der Waals surface area contributed by atoms with Gasteiger partial charge in [-0.05, 0) is 28.3 Å². The molecule has 0 saturated heterocycles. The van der Waals surface area contributed by atoms with Crippen molar-refractivity contribution in [1.29, 1.82) is 0 Å². The molecule has 0 fully saturated rings. The van der Waals surface area contributed by atoms with Gasteiger partial charge in [0.2, 0.25) is 0 Å². The standard InChI is InChI=1S/C25H22N4O6/c30-22(23(31)14-9-19-21(29(33)34)11-27-24(19)26-10-14)12-28-25(32)35-13-20-17-7-3-1-5-15(17)16-6-2-4-8-18(16)20/h1-11,20,22-23,30-31H,12-13H2,(H,26,27)(H,28,32). The monoisotopic (exact) mass is 474 g/mol. The maximum absolute atomic E-state index is 12.3. The Kier molecular flexibility index (Phi) is 5.89. The number of carbonyl (C=O) groups excluding carboxylic acids is 1. The number of fused-ring (bicyclic) bond motifs is 4. The zero-order valence-corrected chi connectivity index (χ0v) is 18.4. The van der Waals surface area contributed by atoms with Gasteiger partial charge in [-0.1, -0.05) is 48.5 Å². The molecule has 4 aromatic rings. The van der Waals surface area contributed by atoms with Gasteiger partial charge in [-0.25, -0.2) is 9.78 Å². The highest BCUT2D eigenvalue weighted by molar-refractivity contribution is 5.86. The molecule has 0 spiro atoms. The van der Waals surface area contributed by atoms with Crippen molar-refractivity contribution in [3.63, 3.8) is 0 Å². The first-order chi connectivity index (χ1) is 16.9. The Morgan fingerprint density at radius 1 is 1.14 bits per heavy atom. The van der Waals surface area contributed by atoms with Crippen LogP contribution in [-0.2, 0) is 4.74 Å². The van der Waals surface area contributed by atoms with Crippen molar-refractivity contribution >= 4 is 22.8 Å². The second-order valence-corrected chi connectivity index (χ2v) is 8.31. The molecule has 5 rings (SSSR count). The highest BCUT2D eigenvalue weighted by atomic mass is 16.6. The van der Waals surface area contributed by atoms with Gasteiger partial charge in [0.15, 0.2) is 0 Å². The number of aliphatic hydroxyl groups is 2. The molecule has 1 amide bonds. The molecule has 10 heteroatoms. The number of rotatable bonds is 7. The Balaban J connectivity index is 1.20. The van der Waals surface area contributed by atoms with Crippen LogP contribution in [-0.4, -0.2) is 50.5 Å². The van der Waals surface area contributed by atoms with E-state index in [2.05, 4.69) is 15.3 Å². The zero-order valence-electron chi connectivity index (χ0n) is 18.4. The molecular formula is C25H22N4O6. The van der Waals surface area contributed by atoms with Crippen molar-refractivity contribution in [3.05, 3.63) is 93.8 Å². The zero-order chi connectivity index (χ0) is 24.5. The lowest BCUT2D eigenvalue weighted by molar-refractivity contribution is -0.383. The van der Waals surface area contributed by atoms with E-state index in [1.165, 1.54) is 18.5 Å². The SMILES string of the molecule is O=C(NCC(O)C(O)c1cnc2[nH]cc([N+](=O)[O-])c2c1)OCC1c2ccccc2-c2ccccc21. The van der Waals surface area contributed by atoms with Crippen LogP contribution < -0.4 is 5.32 Å². The van der Waals surface area contributed by atoms with Crippen molar-refractivity contribution in [2.45, 2.75) is 18.1 Å². The van der Waals surface area contributed by atoms with Gasteiger partial charge in [0.25, 0.3) is 5.69 Å². The van der Waals surface area contributed by atoms with E-state index < -0.39 is 23.2 Å². The van der Waals surface area contributed by atoms with E-state index in [1.54, 1.807) is 0 Å². The van der Waals surface area contributed by atoms with Crippen LogP contribution in [0.3, 0.4) is 0 Å². The Morgan fingerprint density at radius 3 is 2.46 bits per heavy atom. The summed E-state index contributed by atoms with van der Waals surface area (Å²) in [4.78, 5) is 29.6. The summed E-state index contributed by atoms with van der Waals surface area (Å²) in [7, 11) is 0. The quantitative estimate of drug-likeness (QED) is 0.237. The molecule has 4 N–H and O–H groups in total. The second kappa shape index (κ2) is 9.16. The molecule has 0 radical (unpaired) electrons. The van der Waals surface area contributed by atoms with Crippen LogP contribution in [0, 0.1) is 10.1 Å². The lowest BCUT2D eigenvalue weighted by atomic mass is 9.98. The molecule has 35 heavy (non-hydrogen) atoms. The number of aromatic amines is 1. The van der Waals surface area contributed by atoms with Crippen molar-refractivity contribution in [3.8, 4) is 11.1 Å². The lowest BCUT2D eigenvalue weighted by Crippen LogP contribution is -2.36. The highest BCUT2D eigenvalue weighted by Gasteiger charge is 2.29. The van der Waals surface area contributed by atoms with Crippen molar-refractivity contribution < 1.29 is 24.7 Å². The van der Waals surface area contributed by atoms with Crippen LogP contribution in [0.4, 0.5) is 10.5 Å². The molecular weight excluding hydrogens is 452 g/mol. The molecule has 2 unspecified atom stereocenters. The first-order valence-corrected chi connectivity index (χ1v) is 11.0. The van der Waals surface area contributed by atoms with Gasteiger partial charge in [-0.2, -0.15) is 0 Å². The molecule has 0 bridgehead atoms. The summed E-state index contributed by atoms with van der Waals surface area (Å²) in [6.07, 6.45) is -1.01. The van der Waals surface area contributed by atoms with Gasteiger partial charge in [0, 0.05) is 24.2 Å². The number of H-pyrrole nitrogens is 1. The number of carbonyl (C=O) groups is 1. The summed E-state index contributed by atoms with van der Waals surface area (Å²) >= 11 is 0. The van der Waals surface area contributed by atoms with Crippen molar-refractivity contribution in [2.75, 3.05) is 13.2 Å². The molecule has 178 valence electrons. The molecule has 10 nitrogen and oxygen atoms in total. The Bertz CT molecular complexity index is 1370. The number of aliphatic hydroxyl groups excluding tert-OH is 2. The van der Waals surface area contributed by atoms with Gasteiger partial charge in [0.1, 0.15) is 24.5 Å². The van der Waals surface area contributed by atoms with E-state index in [0.29, 0.717) is 5.65 Å². The maximum Gasteiger partial charge on any atom is 0.407 e. The smallest absolute Gasteiger partial charge is 0.407 e. The van der Waals surface area contributed by atoms with E-state index in [0.717, 1.165) is 22.3 Å². The third-order valence-corrected chi connectivity index (χ3v) is 6.23. The molecule has 2 atom stereocenters. The average molecular weight is 474 g/mol. The highest BCUT2D eigenvalue weighted by Crippen LogP contribution is 2.44. The van der Waals surface area contributed by atoms with Crippen molar-refractivity contribution in [1.82, 2.24) is 15.3 Å². The number of nitrogens with one attached hydrogen (secondary N) is 2. The van der Waals surface area contributed by atoms with Crippen molar-refractivity contribution in [2.24, 2.45) is 0 Å². The summed E-state index contributed by atoms with van der Waals surface area (Å²) in [5.41, 5.74) is 4.68. The van der Waals surface area contributed by atoms with Crippen LogP contribution in [0.2, 0.25) is 0 Å². The number of benzene rings is 2. The average Bonchev–Trinajstić information content (AvgIpc) is 3.44. The normalized spacial score (nSPS) is 14.2. The third-order valence-electron chi connectivity index (χ3n) is 6.23. The summed E-state index contributed by atoms with van der Waals surface area (Å²) in [6.45, 7) is -0.165. The van der Waals surface area contributed by atoms with Gasteiger partial charge < -0.3 is 25.3 Å². The molecule has 2 heterocycles. The number of aromatic nitrogens is 2.